The van der Waals surface area contributed by atoms with Crippen LogP contribution in [0.2, 0.25) is 0 Å². The van der Waals surface area contributed by atoms with Gasteiger partial charge in [-0.1, -0.05) is 72.3 Å². The van der Waals surface area contributed by atoms with Gasteiger partial charge in [0.15, 0.2) is 0 Å². The molecule has 1 aliphatic carbocycles. The van der Waals surface area contributed by atoms with Gasteiger partial charge in [0.05, 0.1) is 27.8 Å². The Morgan fingerprint density at radius 3 is 2.60 bits per heavy atom. The fraction of sp³-hybridized carbons (Fsp3) is 0.147. The standard InChI is InChI=1S/C34H28N4O2S3/c1-21-14-16-23(17-15-21)27-20-41-33(26(27)19-35)37-32(39)22(2)42-25-9-7-8-24(18-25)36-34(40)38-28-10-3-5-12-30(28)43-31-13-6-4-11-29(31)38/h3-18,20,22,28,30H,1-2H3,(H,36,40)(H,37,39). The van der Waals surface area contributed by atoms with Crippen molar-refractivity contribution in [2.75, 3.05) is 15.5 Å². The van der Waals surface area contributed by atoms with Crippen LogP contribution in [0, 0.1) is 18.3 Å². The summed E-state index contributed by atoms with van der Waals surface area (Å²) in [6, 6.07) is 25.4. The minimum absolute atomic E-state index is 0.0896. The van der Waals surface area contributed by atoms with Gasteiger partial charge in [0.2, 0.25) is 5.91 Å². The van der Waals surface area contributed by atoms with Crippen molar-refractivity contribution < 1.29 is 9.59 Å². The predicted octanol–water partition coefficient (Wildman–Crippen LogP) is 8.72. The maximum atomic E-state index is 13.7. The van der Waals surface area contributed by atoms with Gasteiger partial charge in [-0.25, -0.2) is 4.79 Å². The molecule has 2 N–H and O–H groups in total. The third kappa shape index (κ3) is 6.13. The van der Waals surface area contributed by atoms with E-state index in [1.807, 2.05) is 109 Å². The number of rotatable bonds is 6. The maximum Gasteiger partial charge on any atom is 0.326 e. The Hall–Kier alpha value is -4.23. The summed E-state index contributed by atoms with van der Waals surface area (Å²) < 4.78 is 0. The second-order valence-electron chi connectivity index (χ2n) is 10.2. The number of urea groups is 1. The van der Waals surface area contributed by atoms with Gasteiger partial charge in [-0.05, 0) is 49.7 Å². The van der Waals surface area contributed by atoms with Crippen LogP contribution in [0.5, 0.6) is 0 Å². The fourth-order valence-electron chi connectivity index (χ4n) is 5.03. The van der Waals surface area contributed by atoms with E-state index in [1.165, 1.54) is 23.1 Å². The Bertz CT molecular complexity index is 1790. The first-order chi connectivity index (χ1) is 20.9. The number of nitriles is 1. The minimum Gasteiger partial charge on any atom is -0.316 e. The molecule has 6 rings (SSSR count). The summed E-state index contributed by atoms with van der Waals surface area (Å²) in [5, 5.41) is 18.0. The molecule has 1 aromatic heterocycles. The van der Waals surface area contributed by atoms with Crippen molar-refractivity contribution in [1.29, 1.82) is 5.26 Å². The largest absolute Gasteiger partial charge is 0.326 e. The van der Waals surface area contributed by atoms with Gasteiger partial charge in [-0.15, -0.1) is 34.9 Å². The van der Waals surface area contributed by atoms with Crippen LogP contribution in [0.3, 0.4) is 0 Å². The molecule has 2 heterocycles. The molecule has 3 aromatic carbocycles. The highest BCUT2D eigenvalue weighted by Gasteiger charge is 2.36. The molecule has 0 saturated carbocycles. The highest BCUT2D eigenvalue weighted by Crippen LogP contribution is 2.44. The number of hydrogen-bond acceptors (Lipinski definition) is 6. The Morgan fingerprint density at radius 1 is 1.00 bits per heavy atom. The molecular weight excluding hydrogens is 593 g/mol. The lowest BCUT2D eigenvalue weighted by Crippen LogP contribution is -2.49. The normalized spacial score (nSPS) is 17.4. The monoisotopic (exact) mass is 620 g/mol. The van der Waals surface area contributed by atoms with E-state index in [1.54, 1.807) is 11.8 Å². The van der Waals surface area contributed by atoms with Crippen molar-refractivity contribution in [3.63, 3.8) is 0 Å². The molecule has 0 radical (unpaired) electrons. The third-order valence-corrected chi connectivity index (χ3v) is 10.5. The van der Waals surface area contributed by atoms with Crippen LogP contribution in [-0.2, 0) is 4.79 Å². The Balaban J connectivity index is 1.14. The van der Waals surface area contributed by atoms with Crippen LogP contribution < -0.4 is 15.5 Å². The number of nitrogens with zero attached hydrogens (tertiary/aromatic N) is 2. The molecule has 6 nitrogen and oxygen atoms in total. The number of nitrogens with one attached hydrogen (secondary N) is 2. The number of anilines is 3. The predicted molar refractivity (Wildman–Crippen MR) is 179 cm³/mol. The maximum absolute atomic E-state index is 13.7. The molecule has 214 valence electrons. The Kier molecular flexibility index (Phi) is 8.43. The van der Waals surface area contributed by atoms with Crippen LogP contribution in [-0.4, -0.2) is 28.5 Å². The minimum atomic E-state index is -0.437. The average molecular weight is 621 g/mol. The third-order valence-electron chi connectivity index (χ3n) is 7.23. The Morgan fingerprint density at radius 2 is 1.79 bits per heavy atom. The summed E-state index contributed by atoms with van der Waals surface area (Å²) in [5.74, 6) is -0.196. The number of hydrogen-bond donors (Lipinski definition) is 2. The molecule has 1 aliphatic heterocycles. The lowest BCUT2D eigenvalue weighted by Gasteiger charge is -2.40. The molecule has 4 aromatic rings. The molecule has 2 aliphatic rings. The number of thiophene rings is 1. The molecule has 9 heteroatoms. The molecule has 0 bridgehead atoms. The van der Waals surface area contributed by atoms with Gasteiger partial charge >= 0.3 is 6.03 Å². The summed E-state index contributed by atoms with van der Waals surface area (Å²) in [7, 11) is 0. The van der Waals surface area contributed by atoms with Crippen molar-refractivity contribution in [3.8, 4) is 17.2 Å². The molecule has 3 unspecified atom stereocenters. The first kappa shape index (κ1) is 28.9. The molecule has 43 heavy (non-hydrogen) atoms. The molecule has 0 saturated heterocycles. The first-order valence-electron chi connectivity index (χ1n) is 13.8. The van der Waals surface area contributed by atoms with Crippen LogP contribution in [0.1, 0.15) is 18.1 Å². The van der Waals surface area contributed by atoms with E-state index in [0.29, 0.717) is 16.3 Å². The number of fused-ring (bicyclic) bond motifs is 2. The molecule has 0 fully saturated rings. The lowest BCUT2D eigenvalue weighted by atomic mass is 10.0. The van der Waals surface area contributed by atoms with Crippen LogP contribution in [0.15, 0.2) is 112 Å². The fourth-order valence-corrected chi connectivity index (χ4v) is 8.14. The van der Waals surface area contributed by atoms with Crippen molar-refractivity contribution >= 4 is 63.2 Å². The number of para-hydroxylation sites is 1. The van der Waals surface area contributed by atoms with Gasteiger partial charge in [0.25, 0.3) is 0 Å². The number of carbonyl (C=O) groups excluding carboxylic acids is 2. The lowest BCUT2D eigenvalue weighted by molar-refractivity contribution is -0.115. The first-order valence-corrected chi connectivity index (χ1v) is 16.4. The van der Waals surface area contributed by atoms with E-state index in [4.69, 9.17) is 0 Å². The molecule has 0 spiro atoms. The van der Waals surface area contributed by atoms with Crippen LogP contribution in [0.4, 0.5) is 21.2 Å². The van der Waals surface area contributed by atoms with Crippen molar-refractivity contribution in [3.05, 3.63) is 114 Å². The van der Waals surface area contributed by atoms with E-state index >= 15 is 0 Å². The molecule has 3 atom stereocenters. The summed E-state index contributed by atoms with van der Waals surface area (Å²) in [6.07, 6.45) is 8.21. The second-order valence-corrected chi connectivity index (χ2v) is 13.7. The zero-order chi connectivity index (χ0) is 29.9. The summed E-state index contributed by atoms with van der Waals surface area (Å²) in [5.41, 5.74) is 4.90. The number of amides is 3. The number of carbonyl (C=O) groups is 2. The van der Waals surface area contributed by atoms with Crippen molar-refractivity contribution in [2.45, 2.75) is 40.2 Å². The number of benzene rings is 3. The highest BCUT2D eigenvalue weighted by atomic mass is 32.2. The van der Waals surface area contributed by atoms with E-state index < -0.39 is 5.25 Å². The van der Waals surface area contributed by atoms with E-state index in [-0.39, 0.29) is 23.2 Å². The molecule has 3 amide bonds. The van der Waals surface area contributed by atoms with Gasteiger partial charge in [-0.2, -0.15) is 5.26 Å². The average Bonchev–Trinajstić information content (AvgIpc) is 3.42. The van der Waals surface area contributed by atoms with Gasteiger partial charge in [-0.3, -0.25) is 9.69 Å². The topological polar surface area (TPSA) is 85.2 Å². The van der Waals surface area contributed by atoms with E-state index in [0.717, 1.165) is 32.2 Å². The van der Waals surface area contributed by atoms with Gasteiger partial charge < -0.3 is 10.6 Å². The highest BCUT2D eigenvalue weighted by molar-refractivity contribution is 8.00. The summed E-state index contributed by atoms with van der Waals surface area (Å²) >= 11 is 4.51. The van der Waals surface area contributed by atoms with E-state index in [9.17, 15) is 14.9 Å². The summed E-state index contributed by atoms with van der Waals surface area (Å²) in [4.78, 5) is 30.6. The zero-order valence-corrected chi connectivity index (χ0v) is 25.9. The summed E-state index contributed by atoms with van der Waals surface area (Å²) in [6.45, 7) is 3.85. The van der Waals surface area contributed by atoms with Crippen LogP contribution in [0.25, 0.3) is 11.1 Å². The number of aryl methyl sites for hydroxylation is 1. The van der Waals surface area contributed by atoms with Crippen LogP contribution >= 0.6 is 34.9 Å². The quantitative estimate of drug-likeness (QED) is 0.211. The zero-order valence-electron chi connectivity index (χ0n) is 23.5. The Labute approximate surface area is 263 Å². The smallest absolute Gasteiger partial charge is 0.316 e. The second kappa shape index (κ2) is 12.6. The number of thioether (sulfide) groups is 2. The van der Waals surface area contributed by atoms with Crippen molar-refractivity contribution in [2.24, 2.45) is 0 Å². The van der Waals surface area contributed by atoms with E-state index in [2.05, 4.69) is 28.9 Å². The van der Waals surface area contributed by atoms with Gasteiger partial charge in [0, 0.05) is 26.4 Å². The number of allylic oxidation sites excluding steroid dienone is 2. The van der Waals surface area contributed by atoms with Gasteiger partial charge in [0.1, 0.15) is 11.1 Å². The van der Waals surface area contributed by atoms with Crippen molar-refractivity contribution in [1.82, 2.24) is 0 Å². The SMILES string of the molecule is Cc1ccc(-c2csc(NC(=O)C(C)Sc3cccc(NC(=O)N4c5ccccc5SC5C=CC=CC54)c3)c2C#N)cc1. The molecular formula is C34H28N4O2S3.